The van der Waals surface area contributed by atoms with E-state index in [9.17, 15) is 13.2 Å². The van der Waals surface area contributed by atoms with Crippen LogP contribution in [0.15, 0.2) is 18.2 Å². The van der Waals surface area contributed by atoms with Gasteiger partial charge in [-0.2, -0.15) is 13.2 Å². The highest BCUT2D eigenvalue weighted by Crippen LogP contribution is 2.38. The van der Waals surface area contributed by atoms with Gasteiger partial charge in [-0.05, 0) is 25.1 Å². The van der Waals surface area contributed by atoms with Crippen LogP contribution in [0.2, 0.25) is 5.02 Å². The van der Waals surface area contributed by atoms with Crippen molar-refractivity contribution in [1.29, 1.82) is 0 Å². The first kappa shape index (κ1) is 18.1. The molecule has 1 aliphatic heterocycles. The number of alkyl halides is 3. The summed E-state index contributed by atoms with van der Waals surface area (Å²) < 4.78 is 39.0. The van der Waals surface area contributed by atoms with Crippen molar-refractivity contribution in [3.05, 3.63) is 34.5 Å². The molecular formula is C15H16Cl2F3N3. The number of aryl methyl sites for hydroxylation is 1. The van der Waals surface area contributed by atoms with Gasteiger partial charge < -0.3 is 10.2 Å². The number of aromatic nitrogens is 1. The molecule has 1 N–H and O–H groups in total. The van der Waals surface area contributed by atoms with E-state index < -0.39 is 11.7 Å². The highest BCUT2D eigenvalue weighted by molar-refractivity contribution is 6.35. The number of piperazine rings is 1. The molecule has 0 saturated carbocycles. The van der Waals surface area contributed by atoms with E-state index in [4.69, 9.17) is 11.6 Å². The molecule has 8 heteroatoms. The third-order valence-corrected chi connectivity index (χ3v) is 4.28. The van der Waals surface area contributed by atoms with Gasteiger partial charge in [0.1, 0.15) is 0 Å². The first-order valence-electron chi connectivity index (χ1n) is 7.00. The number of pyridine rings is 1. The Labute approximate surface area is 143 Å². The predicted molar refractivity (Wildman–Crippen MR) is 88.8 cm³/mol. The molecule has 1 fully saturated rings. The number of fused-ring (bicyclic) bond motifs is 1. The fourth-order valence-electron chi connectivity index (χ4n) is 2.72. The Balaban J connectivity index is 0.00000192. The molecule has 23 heavy (non-hydrogen) atoms. The number of hydrogen-bond acceptors (Lipinski definition) is 3. The number of nitrogens with one attached hydrogen (secondary N) is 1. The van der Waals surface area contributed by atoms with Crippen LogP contribution in [0.4, 0.5) is 18.9 Å². The molecule has 0 radical (unpaired) electrons. The van der Waals surface area contributed by atoms with Crippen LogP contribution < -0.4 is 10.2 Å². The van der Waals surface area contributed by atoms with Gasteiger partial charge in [0.05, 0.1) is 27.5 Å². The van der Waals surface area contributed by atoms with E-state index in [2.05, 4.69) is 10.3 Å². The molecule has 0 unspecified atom stereocenters. The highest BCUT2D eigenvalue weighted by Gasteiger charge is 2.31. The van der Waals surface area contributed by atoms with E-state index in [-0.39, 0.29) is 12.4 Å². The van der Waals surface area contributed by atoms with Crippen molar-refractivity contribution in [2.24, 2.45) is 0 Å². The number of halogens is 5. The van der Waals surface area contributed by atoms with E-state index in [0.717, 1.165) is 25.2 Å². The van der Waals surface area contributed by atoms with Crippen LogP contribution >= 0.6 is 24.0 Å². The lowest BCUT2D eigenvalue weighted by Gasteiger charge is -2.31. The van der Waals surface area contributed by atoms with Crippen molar-refractivity contribution in [1.82, 2.24) is 10.3 Å². The van der Waals surface area contributed by atoms with Gasteiger partial charge >= 0.3 is 6.18 Å². The second kappa shape index (κ2) is 6.71. The van der Waals surface area contributed by atoms with E-state index in [1.807, 2.05) is 4.90 Å². The predicted octanol–water partition coefficient (Wildman–Crippen LogP) is 4.05. The van der Waals surface area contributed by atoms with Crippen molar-refractivity contribution < 1.29 is 13.2 Å². The number of benzene rings is 1. The van der Waals surface area contributed by atoms with Crippen molar-refractivity contribution in [3.8, 4) is 0 Å². The molecule has 0 aliphatic carbocycles. The first-order valence-corrected chi connectivity index (χ1v) is 7.38. The molecule has 3 rings (SSSR count). The van der Waals surface area contributed by atoms with E-state index >= 15 is 0 Å². The SMILES string of the molecule is Cc1nc2ccc(C(F)(F)F)cc2c(N2CCNCC2)c1Cl.Cl. The van der Waals surface area contributed by atoms with Gasteiger partial charge in [-0.1, -0.05) is 11.6 Å². The Bertz CT molecular complexity index is 713. The second-order valence-electron chi connectivity index (χ2n) is 5.33. The maximum Gasteiger partial charge on any atom is 0.416 e. The zero-order valence-electron chi connectivity index (χ0n) is 12.4. The van der Waals surface area contributed by atoms with E-state index in [1.165, 1.54) is 6.07 Å². The van der Waals surface area contributed by atoms with Gasteiger partial charge in [0.25, 0.3) is 0 Å². The molecule has 0 amide bonds. The van der Waals surface area contributed by atoms with Crippen LogP contribution in [0.3, 0.4) is 0 Å². The van der Waals surface area contributed by atoms with Gasteiger partial charge in [-0.3, -0.25) is 4.98 Å². The van der Waals surface area contributed by atoms with Gasteiger partial charge in [-0.15, -0.1) is 12.4 Å². The summed E-state index contributed by atoms with van der Waals surface area (Å²) in [6, 6.07) is 3.61. The summed E-state index contributed by atoms with van der Waals surface area (Å²) in [5, 5.41) is 4.10. The third-order valence-electron chi connectivity index (χ3n) is 3.83. The van der Waals surface area contributed by atoms with Crippen LogP contribution in [-0.2, 0) is 6.18 Å². The Kier molecular flexibility index (Phi) is 5.28. The van der Waals surface area contributed by atoms with E-state index in [0.29, 0.717) is 40.4 Å². The Hall–Kier alpha value is -1.24. The average molecular weight is 366 g/mol. The van der Waals surface area contributed by atoms with Gasteiger partial charge in [-0.25, -0.2) is 0 Å². The van der Waals surface area contributed by atoms with Crippen molar-refractivity contribution in [3.63, 3.8) is 0 Å². The topological polar surface area (TPSA) is 28.2 Å². The average Bonchev–Trinajstić information content (AvgIpc) is 2.48. The summed E-state index contributed by atoms with van der Waals surface area (Å²) >= 11 is 6.37. The number of anilines is 1. The lowest BCUT2D eigenvalue weighted by molar-refractivity contribution is -0.137. The molecule has 1 aromatic heterocycles. The molecule has 1 aromatic carbocycles. The van der Waals surface area contributed by atoms with E-state index in [1.54, 1.807) is 6.92 Å². The fourth-order valence-corrected chi connectivity index (χ4v) is 2.98. The molecule has 1 aliphatic rings. The number of nitrogens with zero attached hydrogens (tertiary/aromatic N) is 2. The van der Waals surface area contributed by atoms with Crippen molar-refractivity contribution >= 4 is 40.6 Å². The van der Waals surface area contributed by atoms with Crippen LogP contribution in [0, 0.1) is 6.92 Å². The minimum absolute atomic E-state index is 0. The Morgan fingerprint density at radius 3 is 2.48 bits per heavy atom. The smallest absolute Gasteiger partial charge is 0.367 e. The first-order chi connectivity index (χ1) is 10.4. The van der Waals surface area contributed by atoms with Crippen LogP contribution in [0.25, 0.3) is 10.9 Å². The van der Waals surface area contributed by atoms with Crippen LogP contribution in [-0.4, -0.2) is 31.2 Å². The lowest BCUT2D eigenvalue weighted by atomic mass is 10.1. The molecule has 0 bridgehead atoms. The largest absolute Gasteiger partial charge is 0.416 e. The normalized spacial score (nSPS) is 15.6. The molecule has 3 nitrogen and oxygen atoms in total. The zero-order valence-corrected chi connectivity index (χ0v) is 13.9. The van der Waals surface area contributed by atoms with Crippen LogP contribution in [0.1, 0.15) is 11.3 Å². The zero-order chi connectivity index (χ0) is 15.9. The monoisotopic (exact) mass is 365 g/mol. The molecule has 126 valence electrons. The molecule has 2 aromatic rings. The summed E-state index contributed by atoms with van der Waals surface area (Å²) in [7, 11) is 0. The maximum absolute atomic E-state index is 13.0. The number of hydrogen-bond donors (Lipinski definition) is 1. The molecule has 0 spiro atoms. The Morgan fingerprint density at radius 2 is 1.87 bits per heavy atom. The third kappa shape index (κ3) is 3.49. The fraction of sp³-hybridized carbons (Fsp3) is 0.400. The molecule has 2 heterocycles. The van der Waals surface area contributed by atoms with Crippen molar-refractivity contribution in [2.75, 3.05) is 31.1 Å². The minimum Gasteiger partial charge on any atom is -0.367 e. The van der Waals surface area contributed by atoms with Gasteiger partial charge in [0.2, 0.25) is 0 Å². The quantitative estimate of drug-likeness (QED) is 0.826. The molecular weight excluding hydrogens is 350 g/mol. The minimum atomic E-state index is -4.38. The summed E-state index contributed by atoms with van der Waals surface area (Å²) in [4.78, 5) is 6.34. The Morgan fingerprint density at radius 1 is 1.22 bits per heavy atom. The summed E-state index contributed by atoms with van der Waals surface area (Å²) in [5.74, 6) is 0. The van der Waals surface area contributed by atoms with Crippen molar-refractivity contribution in [2.45, 2.75) is 13.1 Å². The lowest BCUT2D eigenvalue weighted by Crippen LogP contribution is -2.43. The summed E-state index contributed by atoms with van der Waals surface area (Å²) in [6.07, 6.45) is -4.38. The van der Waals surface area contributed by atoms with Crippen LogP contribution in [0.5, 0.6) is 0 Å². The van der Waals surface area contributed by atoms with Gasteiger partial charge in [0, 0.05) is 31.6 Å². The maximum atomic E-state index is 13.0. The number of rotatable bonds is 1. The molecule has 0 atom stereocenters. The summed E-state index contributed by atoms with van der Waals surface area (Å²) in [5.41, 5.74) is 1.13. The van der Waals surface area contributed by atoms with Gasteiger partial charge in [0.15, 0.2) is 0 Å². The summed E-state index contributed by atoms with van der Waals surface area (Å²) in [6.45, 7) is 4.73. The highest BCUT2D eigenvalue weighted by atomic mass is 35.5. The molecule has 1 saturated heterocycles. The standard InChI is InChI=1S/C15H15ClF3N3.ClH/c1-9-13(16)14(22-6-4-20-5-7-22)11-8-10(15(17,18)19)2-3-12(11)21-9;/h2-3,8,20H,4-7H2,1H3;1H. The second-order valence-corrected chi connectivity index (χ2v) is 5.70.